The summed E-state index contributed by atoms with van der Waals surface area (Å²) in [6.07, 6.45) is 0. The molecule has 0 saturated heterocycles. The van der Waals surface area contributed by atoms with Gasteiger partial charge in [-0.2, -0.15) is 0 Å². The third-order valence-electron chi connectivity index (χ3n) is 2.66. The van der Waals surface area contributed by atoms with E-state index >= 15 is 0 Å². The summed E-state index contributed by atoms with van der Waals surface area (Å²) < 4.78 is 13.6. The van der Waals surface area contributed by atoms with Crippen LogP contribution >= 0.6 is 34.4 Å². The van der Waals surface area contributed by atoms with Crippen LogP contribution in [0, 0.1) is 5.82 Å². The van der Waals surface area contributed by atoms with Gasteiger partial charge >= 0.3 is 6.03 Å². The van der Waals surface area contributed by atoms with Gasteiger partial charge < -0.3 is 0 Å². The smallest absolute Gasteiger partial charge is 0.299 e. The first-order valence-corrected chi connectivity index (χ1v) is 9.19. The number of nitrogens with zero attached hydrogens (tertiary/aromatic N) is 2. The van der Waals surface area contributed by atoms with E-state index < -0.39 is 0 Å². The summed E-state index contributed by atoms with van der Waals surface area (Å²) in [5.41, 5.74) is 0.997. The van der Waals surface area contributed by atoms with E-state index in [-0.39, 0.29) is 11.8 Å². The van der Waals surface area contributed by atoms with Crippen molar-refractivity contribution >= 4 is 50.6 Å². The summed E-state index contributed by atoms with van der Waals surface area (Å²) in [4.78, 5) is 11.8. The van der Waals surface area contributed by atoms with E-state index in [1.807, 2.05) is 17.5 Å². The van der Waals surface area contributed by atoms with Crippen LogP contribution in [0.2, 0.25) is 0 Å². The third kappa shape index (κ3) is 4.75. The fraction of sp³-hybridized carbons (Fsp3) is 0.0714. The standard InChI is InChI=1S/C14H11FN4OS3/c15-10-5-3-9(4-6-10)8-22-14-19-18-13(23-14)17-12(20)16-11-2-1-7-21-11/h1-7H,8H2,(H2,16,17,18,20). The van der Waals surface area contributed by atoms with E-state index in [2.05, 4.69) is 20.8 Å². The third-order valence-corrected chi connectivity index (χ3v) is 5.49. The summed E-state index contributed by atoms with van der Waals surface area (Å²) in [6.45, 7) is 0. The molecule has 0 fully saturated rings. The maximum atomic E-state index is 12.8. The summed E-state index contributed by atoms with van der Waals surface area (Å²) in [5, 5.41) is 16.4. The van der Waals surface area contributed by atoms with E-state index in [1.54, 1.807) is 12.1 Å². The maximum Gasteiger partial charge on any atom is 0.326 e. The van der Waals surface area contributed by atoms with Crippen LogP contribution in [-0.4, -0.2) is 16.2 Å². The zero-order valence-corrected chi connectivity index (χ0v) is 14.1. The monoisotopic (exact) mass is 366 g/mol. The Labute approximate surface area is 144 Å². The molecule has 0 radical (unpaired) electrons. The molecule has 2 N–H and O–H groups in total. The first-order valence-electron chi connectivity index (χ1n) is 6.51. The van der Waals surface area contributed by atoms with Gasteiger partial charge in [-0.3, -0.25) is 10.6 Å². The molecule has 118 valence electrons. The number of thiophene rings is 1. The second-order valence-electron chi connectivity index (χ2n) is 4.34. The van der Waals surface area contributed by atoms with E-state index in [0.29, 0.717) is 10.9 Å². The number of halogens is 1. The second kappa shape index (κ2) is 7.53. The highest BCUT2D eigenvalue weighted by atomic mass is 32.2. The largest absolute Gasteiger partial charge is 0.326 e. The first kappa shape index (κ1) is 15.9. The normalized spacial score (nSPS) is 10.5. The number of hydrogen-bond donors (Lipinski definition) is 2. The quantitative estimate of drug-likeness (QED) is 0.508. The fourth-order valence-electron chi connectivity index (χ4n) is 1.63. The SMILES string of the molecule is O=C(Nc1cccs1)Nc1nnc(SCc2ccc(F)cc2)s1. The molecule has 0 aliphatic carbocycles. The molecule has 0 saturated carbocycles. The lowest BCUT2D eigenvalue weighted by Gasteiger charge is -2.01. The van der Waals surface area contributed by atoms with Crippen LogP contribution in [0.15, 0.2) is 46.1 Å². The predicted molar refractivity (Wildman–Crippen MR) is 92.8 cm³/mol. The molecule has 2 aromatic heterocycles. The van der Waals surface area contributed by atoms with Crippen molar-refractivity contribution in [3.05, 3.63) is 53.2 Å². The maximum absolute atomic E-state index is 12.8. The minimum absolute atomic E-state index is 0.252. The number of thioether (sulfide) groups is 1. The molecule has 0 aliphatic heterocycles. The van der Waals surface area contributed by atoms with Crippen LogP contribution in [0.4, 0.5) is 19.3 Å². The van der Waals surface area contributed by atoms with Crippen molar-refractivity contribution in [1.29, 1.82) is 0 Å². The van der Waals surface area contributed by atoms with Gasteiger partial charge in [-0.25, -0.2) is 9.18 Å². The molecule has 2 amide bonds. The summed E-state index contributed by atoms with van der Waals surface area (Å²) in [5.74, 6) is 0.411. The molecule has 3 aromatic rings. The van der Waals surface area contributed by atoms with Gasteiger partial charge in [0.05, 0.1) is 5.00 Å². The molecule has 0 aliphatic rings. The van der Waals surface area contributed by atoms with Crippen LogP contribution in [0.3, 0.4) is 0 Å². The molecule has 9 heteroatoms. The van der Waals surface area contributed by atoms with Crippen LogP contribution in [0.25, 0.3) is 0 Å². The van der Waals surface area contributed by atoms with Gasteiger partial charge in [0.25, 0.3) is 0 Å². The number of anilines is 2. The average molecular weight is 366 g/mol. The second-order valence-corrected chi connectivity index (χ2v) is 7.49. The van der Waals surface area contributed by atoms with Crippen molar-refractivity contribution in [2.24, 2.45) is 0 Å². The number of amides is 2. The molecule has 2 heterocycles. The lowest BCUT2D eigenvalue weighted by atomic mass is 10.2. The Kier molecular flexibility index (Phi) is 5.21. The molecule has 1 aromatic carbocycles. The van der Waals surface area contributed by atoms with Crippen molar-refractivity contribution in [3.8, 4) is 0 Å². The van der Waals surface area contributed by atoms with Crippen LogP contribution < -0.4 is 10.6 Å². The number of urea groups is 1. The number of hydrogen-bond acceptors (Lipinski definition) is 6. The van der Waals surface area contributed by atoms with Gasteiger partial charge in [-0.05, 0) is 35.2 Å². The van der Waals surface area contributed by atoms with Gasteiger partial charge in [0.2, 0.25) is 5.13 Å². The fourth-order valence-corrected chi connectivity index (χ4v) is 3.95. The highest BCUT2D eigenvalue weighted by Crippen LogP contribution is 2.28. The van der Waals surface area contributed by atoms with Crippen molar-refractivity contribution in [2.45, 2.75) is 10.1 Å². The van der Waals surface area contributed by atoms with E-state index in [1.165, 1.54) is 46.6 Å². The summed E-state index contributed by atoms with van der Waals surface area (Å²) in [7, 11) is 0. The molecule has 5 nitrogen and oxygen atoms in total. The van der Waals surface area contributed by atoms with Crippen molar-refractivity contribution in [1.82, 2.24) is 10.2 Å². The van der Waals surface area contributed by atoms with Crippen molar-refractivity contribution < 1.29 is 9.18 Å². The van der Waals surface area contributed by atoms with Gasteiger partial charge in [0, 0.05) is 5.75 Å². The number of carbonyl (C=O) groups excluding carboxylic acids is 1. The minimum Gasteiger partial charge on any atom is -0.299 e. The lowest BCUT2D eigenvalue weighted by molar-refractivity contribution is 0.262. The number of aromatic nitrogens is 2. The average Bonchev–Trinajstić information content (AvgIpc) is 3.19. The van der Waals surface area contributed by atoms with Crippen molar-refractivity contribution in [3.63, 3.8) is 0 Å². The molecule has 0 spiro atoms. The van der Waals surface area contributed by atoms with Crippen LogP contribution in [0.5, 0.6) is 0 Å². The molecular weight excluding hydrogens is 355 g/mol. The first-order chi connectivity index (χ1) is 11.2. The van der Waals surface area contributed by atoms with Gasteiger partial charge in [-0.15, -0.1) is 21.5 Å². The molecule has 0 bridgehead atoms. The molecule has 0 unspecified atom stereocenters. The molecule has 3 rings (SSSR count). The van der Waals surface area contributed by atoms with E-state index in [0.717, 1.165) is 14.9 Å². The Hall–Kier alpha value is -1.97. The Balaban J connectivity index is 1.51. The Bertz CT molecular complexity index is 774. The minimum atomic E-state index is -0.348. The number of rotatable bonds is 5. The Morgan fingerprint density at radius 3 is 2.74 bits per heavy atom. The topological polar surface area (TPSA) is 66.9 Å². The van der Waals surface area contributed by atoms with Crippen molar-refractivity contribution in [2.75, 3.05) is 10.6 Å². The number of nitrogens with one attached hydrogen (secondary N) is 2. The molecule has 0 atom stereocenters. The Morgan fingerprint density at radius 2 is 2.00 bits per heavy atom. The van der Waals surface area contributed by atoms with E-state index in [9.17, 15) is 9.18 Å². The highest BCUT2D eigenvalue weighted by Gasteiger charge is 2.09. The lowest BCUT2D eigenvalue weighted by Crippen LogP contribution is -2.18. The molecular formula is C14H11FN4OS3. The van der Waals surface area contributed by atoms with Crippen LogP contribution in [-0.2, 0) is 5.75 Å². The van der Waals surface area contributed by atoms with Gasteiger partial charge in [-0.1, -0.05) is 35.2 Å². The zero-order valence-electron chi connectivity index (χ0n) is 11.7. The number of carbonyl (C=O) groups is 1. The Morgan fingerprint density at radius 1 is 1.17 bits per heavy atom. The van der Waals surface area contributed by atoms with Gasteiger partial charge in [0.1, 0.15) is 5.82 Å². The van der Waals surface area contributed by atoms with Gasteiger partial charge in [0.15, 0.2) is 4.34 Å². The summed E-state index contributed by atoms with van der Waals surface area (Å²) in [6, 6.07) is 9.65. The van der Waals surface area contributed by atoms with E-state index in [4.69, 9.17) is 0 Å². The zero-order chi connectivity index (χ0) is 16.1. The van der Waals surface area contributed by atoms with Crippen LogP contribution in [0.1, 0.15) is 5.56 Å². The predicted octanol–water partition coefficient (Wildman–Crippen LogP) is 4.68. The summed E-state index contributed by atoms with van der Waals surface area (Å²) >= 11 is 4.22. The number of benzene rings is 1. The highest BCUT2D eigenvalue weighted by molar-refractivity contribution is 8.00. The molecule has 23 heavy (non-hydrogen) atoms.